The standard InChI is InChI=1S/C28H34F2N10O5/c1-36-7-9-38(10-8-36)24-4-3-19(15-22(24)33-27(41)21-17-32-25(40(43)44)16-20(21)26(29)30)39-18-23(34-35-39)28(42)31-5-2-6-37-11-13-45-14-12-37/h3-4,15-18,26H,2,5-14H2,1H3,(H,31,42)(H,33,41). The van der Waals surface area contributed by atoms with Crippen molar-refractivity contribution in [3.63, 3.8) is 0 Å². The number of nitrogens with one attached hydrogen (secondary N) is 2. The molecule has 2 N–H and O–H groups in total. The molecule has 240 valence electrons. The normalized spacial score (nSPS) is 16.1. The number of piperazine rings is 1. The second-order valence-corrected chi connectivity index (χ2v) is 10.7. The first-order chi connectivity index (χ1) is 21.7. The molecule has 2 saturated heterocycles. The van der Waals surface area contributed by atoms with Gasteiger partial charge in [-0.1, -0.05) is 5.21 Å². The van der Waals surface area contributed by atoms with Crippen molar-refractivity contribution in [1.82, 2.24) is 35.1 Å². The lowest BCUT2D eigenvalue weighted by Gasteiger charge is -2.35. The summed E-state index contributed by atoms with van der Waals surface area (Å²) in [4.78, 5) is 46.2. The van der Waals surface area contributed by atoms with E-state index in [9.17, 15) is 28.5 Å². The zero-order valence-electron chi connectivity index (χ0n) is 24.7. The fourth-order valence-electron chi connectivity index (χ4n) is 5.12. The Hall–Kier alpha value is -4.61. The van der Waals surface area contributed by atoms with Crippen LogP contribution in [0.2, 0.25) is 0 Å². The molecule has 2 aromatic heterocycles. The number of carbonyl (C=O) groups is 2. The molecule has 45 heavy (non-hydrogen) atoms. The Morgan fingerprint density at radius 1 is 1.09 bits per heavy atom. The molecule has 0 radical (unpaired) electrons. The molecule has 0 atom stereocenters. The summed E-state index contributed by atoms with van der Waals surface area (Å²) >= 11 is 0. The van der Waals surface area contributed by atoms with Gasteiger partial charge in [0.25, 0.3) is 18.2 Å². The van der Waals surface area contributed by atoms with Crippen molar-refractivity contribution < 1.29 is 28.0 Å². The number of alkyl halides is 2. The number of amides is 2. The van der Waals surface area contributed by atoms with E-state index in [0.29, 0.717) is 56.0 Å². The van der Waals surface area contributed by atoms with Crippen LogP contribution in [-0.2, 0) is 4.74 Å². The molecule has 0 spiro atoms. The first-order valence-electron chi connectivity index (χ1n) is 14.5. The van der Waals surface area contributed by atoms with E-state index in [0.717, 1.165) is 45.3 Å². The molecule has 1 aromatic carbocycles. The molecule has 2 amide bonds. The van der Waals surface area contributed by atoms with Crippen LogP contribution in [-0.4, -0.2) is 119 Å². The van der Waals surface area contributed by atoms with Crippen LogP contribution in [0.1, 0.15) is 39.3 Å². The van der Waals surface area contributed by atoms with Crippen LogP contribution < -0.4 is 15.5 Å². The molecule has 4 heterocycles. The zero-order chi connectivity index (χ0) is 31.9. The van der Waals surface area contributed by atoms with E-state index in [1.807, 2.05) is 7.05 Å². The second kappa shape index (κ2) is 14.4. The largest absolute Gasteiger partial charge is 0.379 e. The maximum atomic E-state index is 13.8. The summed E-state index contributed by atoms with van der Waals surface area (Å²) in [6, 6.07) is 5.72. The predicted molar refractivity (Wildman–Crippen MR) is 159 cm³/mol. The molecular formula is C28H34F2N10O5. The molecule has 15 nitrogen and oxygen atoms in total. The van der Waals surface area contributed by atoms with Gasteiger partial charge < -0.3 is 35.3 Å². The Labute approximate surface area is 257 Å². The predicted octanol–water partition coefficient (Wildman–Crippen LogP) is 1.96. The summed E-state index contributed by atoms with van der Waals surface area (Å²) in [5.41, 5.74) is 0.214. The van der Waals surface area contributed by atoms with Crippen LogP contribution in [0.25, 0.3) is 5.69 Å². The number of pyridine rings is 1. The van der Waals surface area contributed by atoms with Crippen LogP contribution in [0.4, 0.5) is 26.0 Å². The van der Waals surface area contributed by atoms with E-state index in [1.54, 1.807) is 18.2 Å². The number of benzene rings is 1. The monoisotopic (exact) mass is 628 g/mol. The van der Waals surface area contributed by atoms with Crippen molar-refractivity contribution in [1.29, 1.82) is 0 Å². The van der Waals surface area contributed by atoms with Crippen LogP contribution in [0.15, 0.2) is 36.7 Å². The molecule has 2 fully saturated rings. The highest BCUT2D eigenvalue weighted by Crippen LogP contribution is 2.32. The lowest BCUT2D eigenvalue weighted by atomic mass is 10.1. The number of carbonyl (C=O) groups excluding carboxylic acids is 2. The lowest BCUT2D eigenvalue weighted by Crippen LogP contribution is -2.44. The molecule has 2 aliphatic heterocycles. The highest BCUT2D eigenvalue weighted by molar-refractivity contribution is 6.07. The molecule has 0 aliphatic carbocycles. The second-order valence-electron chi connectivity index (χ2n) is 10.7. The smallest absolute Gasteiger partial charge is 0.363 e. The van der Waals surface area contributed by atoms with Gasteiger partial charge in [0.2, 0.25) is 0 Å². The van der Waals surface area contributed by atoms with Gasteiger partial charge in [-0.2, -0.15) is 0 Å². The van der Waals surface area contributed by atoms with Gasteiger partial charge in [0.15, 0.2) is 11.9 Å². The van der Waals surface area contributed by atoms with Crippen molar-refractivity contribution in [2.75, 3.05) is 82.8 Å². The third-order valence-electron chi connectivity index (χ3n) is 7.69. The molecule has 17 heteroatoms. The molecular weight excluding hydrogens is 594 g/mol. The number of anilines is 2. The number of nitro groups is 1. The van der Waals surface area contributed by atoms with E-state index in [2.05, 4.69) is 40.6 Å². The average molecular weight is 629 g/mol. The molecule has 0 saturated carbocycles. The Kier molecular flexibility index (Phi) is 10.2. The number of hydrogen-bond acceptors (Lipinski definition) is 11. The topological polar surface area (TPSA) is 164 Å². The summed E-state index contributed by atoms with van der Waals surface area (Å²) < 4.78 is 34.4. The quantitative estimate of drug-likeness (QED) is 0.181. The van der Waals surface area contributed by atoms with Crippen molar-refractivity contribution in [3.05, 3.63) is 63.6 Å². The fourth-order valence-corrected chi connectivity index (χ4v) is 5.12. The minimum absolute atomic E-state index is 0.105. The van der Waals surface area contributed by atoms with Crippen LogP contribution in [0.3, 0.4) is 0 Å². The van der Waals surface area contributed by atoms with Gasteiger partial charge in [-0.05, 0) is 48.1 Å². The van der Waals surface area contributed by atoms with Crippen LogP contribution >= 0.6 is 0 Å². The van der Waals surface area contributed by atoms with Crippen molar-refractivity contribution in [3.8, 4) is 5.69 Å². The SMILES string of the molecule is CN1CCN(c2ccc(-n3cc(C(=O)NCCCN4CCOCC4)nn3)cc2NC(=O)c2cnc([N+](=O)[O-])cc2C(F)F)CC1. The van der Waals surface area contributed by atoms with Gasteiger partial charge in [-0.25, -0.2) is 13.5 Å². The molecule has 0 bridgehead atoms. The number of halogens is 2. The summed E-state index contributed by atoms with van der Waals surface area (Å²) in [5.74, 6) is -2.07. The average Bonchev–Trinajstić information content (AvgIpc) is 3.54. The van der Waals surface area contributed by atoms with Gasteiger partial charge in [0, 0.05) is 57.4 Å². The van der Waals surface area contributed by atoms with E-state index in [-0.39, 0.29) is 11.6 Å². The van der Waals surface area contributed by atoms with Gasteiger partial charge in [-0.15, -0.1) is 5.10 Å². The number of hydrogen-bond donors (Lipinski definition) is 2. The summed E-state index contributed by atoms with van der Waals surface area (Å²) in [5, 5.41) is 24.7. The summed E-state index contributed by atoms with van der Waals surface area (Å²) in [7, 11) is 2.00. The maximum absolute atomic E-state index is 13.8. The van der Waals surface area contributed by atoms with E-state index >= 15 is 0 Å². The number of nitrogens with zero attached hydrogens (tertiary/aromatic N) is 8. The van der Waals surface area contributed by atoms with E-state index in [1.165, 1.54) is 10.9 Å². The van der Waals surface area contributed by atoms with Gasteiger partial charge in [0.05, 0.1) is 42.0 Å². The third-order valence-corrected chi connectivity index (χ3v) is 7.69. The van der Waals surface area contributed by atoms with Crippen LogP contribution in [0, 0.1) is 10.1 Å². The zero-order valence-corrected chi connectivity index (χ0v) is 24.7. The highest BCUT2D eigenvalue weighted by atomic mass is 19.3. The maximum Gasteiger partial charge on any atom is 0.363 e. The van der Waals surface area contributed by atoms with Gasteiger partial charge in [-0.3, -0.25) is 14.5 Å². The molecule has 0 unspecified atom stereocenters. The number of ether oxygens (including phenoxy) is 1. The highest BCUT2D eigenvalue weighted by Gasteiger charge is 2.26. The third kappa shape index (κ3) is 7.92. The Morgan fingerprint density at radius 3 is 2.56 bits per heavy atom. The van der Waals surface area contributed by atoms with Gasteiger partial charge >= 0.3 is 5.82 Å². The van der Waals surface area contributed by atoms with Crippen molar-refractivity contribution in [2.24, 2.45) is 0 Å². The van der Waals surface area contributed by atoms with Crippen LogP contribution in [0.5, 0.6) is 0 Å². The van der Waals surface area contributed by atoms with E-state index < -0.39 is 34.2 Å². The van der Waals surface area contributed by atoms with E-state index in [4.69, 9.17) is 4.74 Å². The number of rotatable bonds is 11. The van der Waals surface area contributed by atoms with Gasteiger partial charge in [0.1, 0.15) is 0 Å². The van der Waals surface area contributed by atoms with Crippen molar-refractivity contribution >= 4 is 29.0 Å². The van der Waals surface area contributed by atoms with Crippen molar-refractivity contribution in [2.45, 2.75) is 12.8 Å². The molecule has 5 rings (SSSR count). The lowest BCUT2D eigenvalue weighted by molar-refractivity contribution is -0.389. The first kappa shape index (κ1) is 31.8. The minimum Gasteiger partial charge on any atom is -0.379 e. The molecule has 2 aliphatic rings. The first-order valence-corrected chi connectivity index (χ1v) is 14.5. The summed E-state index contributed by atoms with van der Waals surface area (Å²) in [6.07, 6.45) is -0.135. The summed E-state index contributed by atoms with van der Waals surface area (Å²) in [6.45, 7) is 7.32. The molecule has 3 aromatic rings. The fraction of sp³-hybridized carbons (Fsp3) is 0.464. The minimum atomic E-state index is -3.14. The number of likely N-dealkylation sites (N-methyl/N-ethyl adjacent to an activating group) is 1. The number of aromatic nitrogens is 4. The number of morpholine rings is 1. The Bertz CT molecular complexity index is 1520. The Morgan fingerprint density at radius 2 is 1.84 bits per heavy atom. The Balaban J connectivity index is 1.34.